The van der Waals surface area contributed by atoms with Crippen LogP contribution in [0.1, 0.15) is 16.3 Å². The molecule has 0 fully saturated rings. The number of aryl methyl sites for hydroxylation is 1. The molecule has 2 nitrogen and oxygen atoms in total. The molecule has 1 aromatic heterocycles. The molecule has 2 aromatic carbocycles. The van der Waals surface area contributed by atoms with Gasteiger partial charge in [0.25, 0.3) is 0 Å². The Kier molecular flexibility index (Phi) is 5.44. The van der Waals surface area contributed by atoms with Crippen LogP contribution in [-0.4, -0.2) is 20.6 Å². The van der Waals surface area contributed by atoms with E-state index in [1.165, 1.54) is 11.3 Å². The molecule has 116 valence electrons. The van der Waals surface area contributed by atoms with Crippen LogP contribution >= 0.6 is 27.3 Å². The number of rotatable bonds is 4. The van der Waals surface area contributed by atoms with Crippen molar-refractivity contribution in [2.75, 3.05) is 0 Å². The fourth-order valence-electron chi connectivity index (χ4n) is 2.23. The van der Waals surface area contributed by atoms with Gasteiger partial charge >= 0.3 is 157 Å². The summed E-state index contributed by atoms with van der Waals surface area (Å²) in [5.41, 5.74) is 3.47. The topological polar surface area (TPSA) is 16.2 Å². The summed E-state index contributed by atoms with van der Waals surface area (Å²) >= 11 is 8.32. The van der Waals surface area contributed by atoms with E-state index in [0.717, 1.165) is 26.3 Å². The standard InChI is InChI=1S/C18H15BrN2SSe/c1-13-12-22-18(17(23)20-16-5-3-2-4-6-16)21(13)11-14-7-9-15(19)10-8-14/h2-10,12H,11H2,1H3. The minimum absolute atomic E-state index is 0.841. The summed E-state index contributed by atoms with van der Waals surface area (Å²) in [7, 11) is 0. The van der Waals surface area contributed by atoms with Gasteiger partial charge < -0.3 is 0 Å². The van der Waals surface area contributed by atoms with Crippen molar-refractivity contribution >= 4 is 53.6 Å². The molecule has 0 amide bonds. The molecule has 0 aliphatic heterocycles. The van der Waals surface area contributed by atoms with Gasteiger partial charge in [0.1, 0.15) is 0 Å². The monoisotopic (exact) mass is 450 g/mol. The Balaban J connectivity index is 1.92. The Morgan fingerprint density at radius 2 is 1.83 bits per heavy atom. The molecule has 0 atom stereocenters. The molecule has 0 bridgehead atoms. The predicted octanol–water partition coefficient (Wildman–Crippen LogP) is 4.40. The molecule has 0 saturated heterocycles. The second kappa shape index (κ2) is 7.54. The maximum absolute atomic E-state index is 4.70. The van der Waals surface area contributed by atoms with Crippen LogP contribution in [0.25, 0.3) is 0 Å². The second-order valence-electron chi connectivity index (χ2n) is 5.15. The van der Waals surface area contributed by atoms with Gasteiger partial charge in [-0.3, -0.25) is 0 Å². The summed E-state index contributed by atoms with van der Waals surface area (Å²) in [6.07, 6.45) is 0. The van der Waals surface area contributed by atoms with E-state index in [2.05, 4.69) is 73.1 Å². The third kappa shape index (κ3) is 4.18. The van der Waals surface area contributed by atoms with Crippen molar-refractivity contribution in [2.45, 2.75) is 13.5 Å². The first kappa shape index (κ1) is 16.6. The van der Waals surface area contributed by atoms with E-state index < -0.39 is 0 Å². The number of aromatic nitrogens is 1. The first-order chi connectivity index (χ1) is 11.1. The van der Waals surface area contributed by atoms with Crippen LogP contribution in [0.5, 0.6) is 0 Å². The maximum atomic E-state index is 4.70. The molecule has 5 heteroatoms. The van der Waals surface area contributed by atoms with Crippen molar-refractivity contribution in [1.29, 1.82) is 0 Å². The molecule has 0 aliphatic rings. The van der Waals surface area contributed by atoms with E-state index in [4.69, 9.17) is 4.99 Å². The molecular formula is C18H15BrN2SSe. The molecule has 0 spiro atoms. The third-order valence-electron chi connectivity index (χ3n) is 3.44. The summed E-state index contributed by atoms with van der Waals surface area (Å²) in [4.78, 5) is 4.70. The molecule has 0 saturated carbocycles. The molecule has 3 rings (SSSR count). The zero-order valence-electron chi connectivity index (χ0n) is 12.6. The fraction of sp³-hybridized carbons (Fsp3) is 0.111. The quantitative estimate of drug-likeness (QED) is 0.319. The molecule has 0 N–H and O–H groups in total. The number of hydrogen-bond acceptors (Lipinski definition) is 2. The van der Waals surface area contributed by atoms with Gasteiger partial charge in [0, 0.05) is 0 Å². The third-order valence-corrected chi connectivity index (χ3v) is 5.95. The summed E-state index contributed by atoms with van der Waals surface area (Å²) in [6.45, 7) is 2.97. The van der Waals surface area contributed by atoms with Crippen molar-refractivity contribution in [3.05, 3.63) is 80.7 Å². The van der Waals surface area contributed by atoms with E-state index in [0.29, 0.717) is 0 Å². The van der Waals surface area contributed by atoms with Crippen LogP contribution in [-0.2, 0) is 6.54 Å². The van der Waals surface area contributed by atoms with Crippen LogP contribution in [0.15, 0.2) is 69.4 Å². The summed E-state index contributed by atoms with van der Waals surface area (Å²) in [5, 5.41) is 3.32. The second-order valence-corrected chi connectivity index (χ2v) is 7.73. The van der Waals surface area contributed by atoms with Crippen molar-refractivity contribution in [3.63, 3.8) is 0 Å². The van der Waals surface area contributed by atoms with Gasteiger partial charge in [0.2, 0.25) is 0 Å². The molecule has 3 aromatic rings. The number of nitrogens with zero attached hydrogens (tertiary/aromatic N) is 2. The predicted molar refractivity (Wildman–Crippen MR) is 101 cm³/mol. The molecule has 0 aliphatic carbocycles. The van der Waals surface area contributed by atoms with Crippen LogP contribution in [0.2, 0.25) is 0 Å². The SMILES string of the molecule is Cc1csc(C([Se-])=Nc2ccccc2)[n+]1Cc1ccc(Br)cc1. The molecule has 0 radical (unpaired) electrons. The average molecular weight is 450 g/mol. The van der Waals surface area contributed by atoms with Gasteiger partial charge in [-0.05, 0) is 0 Å². The average Bonchev–Trinajstić information content (AvgIpc) is 2.92. The van der Waals surface area contributed by atoms with E-state index in [1.807, 2.05) is 30.3 Å². The number of aliphatic imine (C=N–C) groups is 1. The number of thiazole rings is 1. The Labute approximate surface area is 156 Å². The summed E-state index contributed by atoms with van der Waals surface area (Å²) in [6, 6.07) is 18.5. The number of halogens is 1. The first-order valence-corrected chi connectivity index (χ1v) is 9.70. The van der Waals surface area contributed by atoms with Gasteiger partial charge in [0.15, 0.2) is 0 Å². The Morgan fingerprint density at radius 3 is 2.52 bits per heavy atom. The van der Waals surface area contributed by atoms with E-state index in [-0.39, 0.29) is 0 Å². The number of para-hydroxylation sites is 1. The number of hydrogen-bond donors (Lipinski definition) is 0. The molecule has 23 heavy (non-hydrogen) atoms. The van der Waals surface area contributed by atoms with Crippen LogP contribution in [0.4, 0.5) is 5.69 Å². The van der Waals surface area contributed by atoms with Crippen molar-refractivity contribution < 1.29 is 4.57 Å². The summed E-state index contributed by atoms with van der Waals surface area (Å²) in [5.74, 6) is 0. The Bertz CT molecular complexity index is 826. The van der Waals surface area contributed by atoms with E-state index in [9.17, 15) is 0 Å². The molecule has 1 heterocycles. The van der Waals surface area contributed by atoms with E-state index >= 15 is 0 Å². The van der Waals surface area contributed by atoms with Gasteiger partial charge in [-0.1, -0.05) is 0 Å². The van der Waals surface area contributed by atoms with Crippen LogP contribution in [0.3, 0.4) is 0 Å². The van der Waals surface area contributed by atoms with Gasteiger partial charge in [-0.2, -0.15) is 0 Å². The van der Waals surface area contributed by atoms with Gasteiger partial charge in [0.05, 0.1) is 0 Å². The molecule has 0 unspecified atom stereocenters. The minimum atomic E-state index is 0.841. The normalized spacial score (nSPS) is 11.7. The first-order valence-electron chi connectivity index (χ1n) is 7.17. The zero-order chi connectivity index (χ0) is 16.2. The van der Waals surface area contributed by atoms with Crippen LogP contribution < -0.4 is 4.57 Å². The Hall–Kier alpha value is -1.26. The van der Waals surface area contributed by atoms with Crippen molar-refractivity contribution in [3.8, 4) is 0 Å². The summed E-state index contributed by atoms with van der Waals surface area (Å²) < 4.78 is 4.32. The fourth-order valence-corrected chi connectivity index (χ4v) is 4.14. The van der Waals surface area contributed by atoms with Crippen LogP contribution in [0, 0.1) is 6.92 Å². The van der Waals surface area contributed by atoms with Gasteiger partial charge in [-0.15, -0.1) is 0 Å². The van der Waals surface area contributed by atoms with Crippen molar-refractivity contribution in [1.82, 2.24) is 0 Å². The number of benzene rings is 2. The Morgan fingerprint density at radius 1 is 1.13 bits per heavy atom. The van der Waals surface area contributed by atoms with E-state index in [1.54, 1.807) is 11.3 Å². The zero-order valence-corrected chi connectivity index (χ0v) is 16.7. The van der Waals surface area contributed by atoms with Crippen molar-refractivity contribution in [2.24, 2.45) is 4.99 Å². The molecular weight excluding hydrogens is 435 g/mol. The van der Waals surface area contributed by atoms with Gasteiger partial charge in [-0.25, -0.2) is 0 Å².